The highest BCUT2D eigenvalue weighted by atomic mass is 35.5. The van der Waals surface area contributed by atoms with Gasteiger partial charge in [-0.2, -0.15) is 0 Å². The van der Waals surface area contributed by atoms with Gasteiger partial charge in [-0.3, -0.25) is 4.79 Å². The molecule has 0 unspecified atom stereocenters. The molecule has 0 bridgehead atoms. The summed E-state index contributed by atoms with van der Waals surface area (Å²) in [5.74, 6) is -0.742. The van der Waals surface area contributed by atoms with E-state index in [2.05, 4.69) is 10.3 Å². The van der Waals surface area contributed by atoms with Crippen molar-refractivity contribution in [2.24, 2.45) is 0 Å². The minimum atomic E-state index is -0.500. The summed E-state index contributed by atoms with van der Waals surface area (Å²) in [6.45, 7) is 2.00. The summed E-state index contributed by atoms with van der Waals surface area (Å²) < 4.78 is 4.83. The van der Waals surface area contributed by atoms with E-state index in [-0.39, 0.29) is 24.6 Å². The normalized spacial score (nSPS) is 10.2. The Kier molecular flexibility index (Phi) is 5.30. The number of nitrogens with zero attached hydrogens (tertiary/aromatic N) is 1. The summed E-state index contributed by atoms with van der Waals surface area (Å²) in [6, 6.07) is 7.13. The summed E-state index contributed by atoms with van der Waals surface area (Å²) in [6.07, 6.45) is 0.147. The Morgan fingerprint density at radius 3 is 2.86 bits per heavy atom. The first-order valence-electron chi connectivity index (χ1n) is 6.26. The summed E-state index contributed by atoms with van der Waals surface area (Å²) in [5, 5.41) is 5.08. The number of esters is 1. The van der Waals surface area contributed by atoms with Crippen molar-refractivity contribution < 1.29 is 14.3 Å². The first-order valence-corrected chi connectivity index (χ1v) is 7.51. The maximum Gasteiger partial charge on any atom is 0.357 e. The van der Waals surface area contributed by atoms with Crippen LogP contribution in [0, 0.1) is 0 Å². The van der Waals surface area contributed by atoms with Crippen LogP contribution in [0.5, 0.6) is 0 Å². The highest BCUT2D eigenvalue weighted by Crippen LogP contribution is 2.18. The van der Waals surface area contributed by atoms with E-state index in [1.54, 1.807) is 30.5 Å². The summed E-state index contributed by atoms with van der Waals surface area (Å²) in [5.41, 5.74) is 0.925. The van der Waals surface area contributed by atoms with Crippen molar-refractivity contribution in [1.29, 1.82) is 0 Å². The second kappa shape index (κ2) is 7.19. The number of halogens is 1. The fourth-order valence-electron chi connectivity index (χ4n) is 1.61. The van der Waals surface area contributed by atoms with Crippen LogP contribution in [0.2, 0.25) is 5.02 Å². The Bertz CT molecular complexity index is 657. The average molecular weight is 325 g/mol. The number of carbonyl (C=O) groups excluding carboxylic acids is 2. The third-order valence-corrected chi connectivity index (χ3v) is 3.67. The molecular weight excluding hydrogens is 312 g/mol. The predicted molar refractivity (Wildman–Crippen MR) is 81.9 cm³/mol. The zero-order valence-corrected chi connectivity index (χ0v) is 12.8. The van der Waals surface area contributed by atoms with Crippen LogP contribution >= 0.6 is 22.9 Å². The standard InChI is InChI=1S/C14H13ClN2O3S/c1-2-20-13(19)11-8-21-14(16-11)17-12(18)7-9-5-3-4-6-10(9)15/h3-6,8H,2,7H2,1H3,(H,16,17,18). The number of carbonyl (C=O) groups is 2. The molecule has 110 valence electrons. The summed E-state index contributed by atoms with van der Waals surface area (Å²) in [7, 11) is 0. The molecule has 1 aromatic carbocycles. The van der Waals surface area contributed by atoms with E-state index < -0.39 is 5.97 Å². The lowest BCUT2D eigenvalue weighted by Crippen LogP contribution is -2.15. The zero-order valence-electron chi connectivity index (χ0n) is 11.3. The summed E-state index contributed by atoms with van der Waals surface area (Å²) in [4.78, 5) is 27.4. The molecule has 0 atom stereocenters. The molecule has 1 amide bonds. The van der Waals surface area contributed by atoms with Crippen LogP contribution in [0.4, 0.5) is 5.13 Å². The molecule has 5 nitrogen and oxygen atoms in total. The third-order valence-electron chi connectivity index (χ3n) is 2.54. The maximum absolute atomic E-state index is 11.9. The van der Waals surface area contributed by atoms with E-state index in [1.165, 1.54) is 11.3 Å². The average Bonchev–Trinajstić information content (AvgIpc) is 2.90. The number of rotatable bonds is 5. The van der Waals surface area contributed by atoms with Crippen LogP contribution in [0.1, 0.15) is 23.0 Å². The van der Waals surface area contributed by atoms with Gasteiger partial charge in [-0.25, -0.2) is 9.78 Å². The number of aromatic nitrogens is 1. The molecule has 0 aliphatic carbocycles. The number of anilines is 1. The van der Waals surface area contributed by atoms with Crippen molar-refractivity contribution in [2.75, 3.05) is 11.9 Å². The van der Waals surface area contributed by atoms with Crippen molar-refractivity contribution in [3.05, 3.63) is 45.9 Å². The number of hydrogen-bond donors (Lipinski definition) is 1. The van der Waals surface area contributed by atoms with Crippen molar-refractivity contribution in [2.45, 2.75) is 13.3 Å². The molecule has 0 saturated carbocycles. The van der Waals surface area contributed by atoms with Gasteiger partial charge in [0, 0.05) is 10.4 Å². The van der Waals surface area contributed by atoms with Gasteiger partial charge in [-0.05, 0) is 18.6 Å². The van der Waals surface area contributed by atoms with Gasteiger partial charge in [0.15, 0.2) is 10.8 Å². The van der Waals surface area contributed by atoms with Gasteiger partial charge in [-0.15, -0.1) is 11.3 Å². The van der Waals surface area contributed by atoms with Crippen LogP contribution < -0.4 is 5.32 Å². The molecule has 1 N–H and O–H groups in total. The van der Waals surface area contributed by atoms with E-state index in [9.17, 15) is 9.59 Å². The van der Waals surface area contributed by atoms with Gasteiger partial charge >= 0.3 is 5.97 Å². The minimum absolute atomic E-state index is 0.147. The molecule has 0 spiro atoms. The van der Waals surface area contributed by atoms with Crippen LogP contribution in [0.3, 0.4) is 0 Å². The Morgan fingerprint density at radius 1 is 1.38 bits per heavy atom. The largest absolute Gasteiger partial charge is 0.461 e. The van der Waals surface area contributed by atoms with Crippen LogP contribution in [0.15, 0.2) is 29.6 Å². The highest BCUT2D eigenvalue weighted by molar-refractivity contribution is 7.14. The van der Waals surface area contributed by atoms with Gasteiger partial charge in [0.25, 0.3) is 0 Å². The lowest BCUT2D eigenvalue weighted by atomic mass is 10.1. The van der Waals surface area contributed by atoms with Crippen molar-refractivity contribution >= 4 is 39.9 Å². The van der Waals surface area contributed by atoms with Gasteiger partial charge in [-0.1, -0.05) is 29.8 Å². The highest BCUT2D eigenvalue weighted by Gasteiger charge is 2.13. The third kappa shape index (κ3) is 4.27. The first-order chi connectivity index (χ1) is 10.1. The van der Waals surface area contributed by atoms with Crippen molar-refractivity contribution in [1.82, 2.24) is 4.98 Å². The van der Waals surface area contributed by atoms with E-state index in [1.807, 2.05) is 6.07 Å². The number of ether oxygens (including phenoxy) is 1. The second-order valence-electron chi connectivity index (χ2n) is 4.07. The van der Waals surface area contributed by atoms with Crippen molar-refractivity contribution in [3.8, 4) is 0 Å². The molecule has 0 saturated heterocycles. The SMILES string of the molecule is CCOC(=O)c1csc(NC(=O)Cc2ccccc2Cl)n1. The molecule has 0 fully saturated rings. The maximum atomic E-state index is 11.9. The fourth-order valence-corrected chi connectivity index (χ4v) is 2.51. The minimum Gasteiger partial charge on any atom is -0.461 e. The molecule has 7 heteroatoms. The van der Waals surface area contributed by atoms with Crippen LogP contribution in [0.25, 0.3) is 0 Å². The fraction of sp³-hybridized carbons (Fsp3) is 0.214. The van der Waals surface area contributed by atoms with Crippen molar-refractivity contribution in [3.63, 3.8) is 0 Å². The molecule has 21 heavy (non-hydrogen) atoms. The van der Waals surface area contributed by atoms with Gasteiger partial charge in [0.2, 0.25) is 5.91 Å². The molecule has 0 aliphatic rings. The zero-order chi connectivity index (χ0) is 15.2. The Morgan fingerprint density at radius 2 is 2.14 bits per heavy atom. The second-order valence-corrected chi connectivity index (χ2v) is 5.34. The van der Waals surface area contributed by atoms with Crippen LogP contribution in [-0.4, -0.2) is 23.5 Å². The number of thiazole rings is 1. The van der Waals surface area contributed by atoms with Gasteiger partial charge in [0.05, 0.1) is 13.0 Å². The van der Waals surface area contributed by atoms with Crippen LogP contribution in [-0.2, 0) is 16.0 Å². The molecular formula is C14H13ClN2O3S. The monoisotopic (exact) mass is 324 g/mol. The van der Waals surface area contributed by atoms with E-state index >= 15 is 0 Å². The molecule has 1 aromatic heterocycles. The van der Waals surface area contributed by atoms with Gasteiger partial charge in [0.1, 0.15) is 0 Å². The predicted octanol–water partition coefficient (Wildman–Crippen LogP) is 3.15. The Hall–Kier alpha value is -1.92. The molecule has 1 heterocycles. The van der Waals surface area contributed by atoms with Gasteiger partial charge < -0.3 is 10.1 Å². The van der Waals surface area contributed by atoms with E-state index in [4.69, 9.17) is 16.3 Å². The lowest BCUT2D eigenvalue weighted by Gasteiger charge is -2.03. The number of amides is 1. The van der Waals surface area contributed by atoms with E-state index in [0.29, 0.717) is 10.2 Å². The smallest absolute Gasteiger partial charge is 0.357 e. The summed E-state index contributed by atoms with van der Waals surface area (Å²) >= 11 is 7.17. The molecule has 2 aromatic rings. The molecule has 2 rings (SSSR count). The van der Waals surface area contributed by atoms with E-state index in [0.717, 1.165) is 5.56 Å². The number of nitrogens with one attached hydrogen (secondary N) is 1. The Labute approximate surface area is 130 Å². The lowest BCUT2D eigenvalue weighted by molar-refractivity contribution is -0.115. The number of benzene rings is 1. The number of hydrogen-bond acceptors (Lipinski definition) is 5. The first kappa shape index (κ1) is 15.5. The topological polar surface area (TPSA) is 68.3 Å². The Balaban J connectivity index is 1.97. The quantitative estimate of drug-likeness (QED) is 0.858. The molecule has 0 radical (unpaired) electrons. The molecule has 0 aliphatic heterocycles.